The predicted molar refractivity (Wildman–Crippen MR) is 109 cm³/mol. The van der Waals surface area contributed by atoms with Crippen LogP contribution < -0.4 is 10.1 Å². The van der Waals surface area contributed by atoms with Crippen molar-refractivity contribution in [3.8, 4) is 5.75 Å². The fourth-order valence-corrected chi connectivity index (χ4v) is 4.65. The quantitative estimate of drug-likeness (QED) is 0.802. The predicted octanol–water partition coefficient (Wildman–Crippen LogP) is 4.83. The van der Waals surface area contributed by atoms with Crippen LogP contribution in [-0.2, 0) is 23.1 Å². The average molecular weight is 384 g/mol. The number of amides is 1. The van der Waals surface area contributed by atoms with E-state index < -0.39 is 5.41 Å². The molecule has 0 bridgehead atoms. The van der Waals surface area contributed by atoms with Crippen LogP contribution in [0.5, 0.6) is 5.75 Å². The summed E-state index contributed by atoms with van der Waals surface area (Å²) in [6, 6.07) is 14.3. The zero-order valence-corrected chi connectivity index (χ0v) is 16.5. The van der Waals surface area contributed by atoms with E-state index in [1.54, 1.807) is 0 Å². The van der Waals surface area contributed by atoms with Gasteiger partial charge in [0, 0.05) is 17.5 Å². The summed E-state index contributed by atoms with van der Waals surface area (Å²) >= 11 is 6.05. The summed E-state index contributed by atoms with van der Waals surface area (Å²) in [5.74, 6) is 1.16. The zero-order chi connectivity index (χ0) is 18.9. The molecule has 142 valence electrons. The van der Waals surface area contributed by atoms with Gasteiger partial charge < -0.3 is 10.1 Å². The van der Waals surface area contributed by atoms with E-state index in [-0.39, 0.29) is 11.9 Å². The molecule has 2 aromatic carbocycles. The van der Waals surface area contributed by atoms with Crippen molar-refractivity contribution in [2.24, 2.45) is 0 Å². The van der Waals surface area contributed by atoms with Crippen LogP contribution >= 0.6 is 11.6 Å². The van der Waals surface area contributed by atoms with Gasteiger partial charge in [-0.05, 0) is 61.1 Å². The highest BCUT2D eigenvalue weighted by molar-refractivity contribution is 6.30. The molecule has 1 aliphatic heterocycles. The van der Waals surface area contributed by atoms with Crippen molar-refractivity contribution in [3.63, 3.8) is 0 Å². The first-order chi connectivity index (χ1) is 13.1. The summed E-state index contributed by atoms with van der Waals surface area (Å²) in [7, 11) is 0. The lowest BCUT2D eigenvalue weighted by molar-refractivity contribution is -0.127. The molecule has 1 unspecified atom stereocenters. The van der Waals surface area contributed by atoms with E-state index in [1.807, 2.05) is 24.3 Å². The number of benzene rings is 2. The van der Waals surface area contributed by atoms with Crippen molar-refractivity contribution in [2.75, 3.05) is 6.61 Å². The lowest BCUT2D eigenvalue weighted by Gasteiger charge is -2.30. The number of rotatable bonds is 5. The number of hydrogen-bond acceptors (Lipinski definition) is 2. The fourth-order valence-electron chi connectivity index (χ4n) is 4.53. The topological polar surface area (TPSA) is 38.3 Å². The first-order valence-electron chi connectivity index (χ1n) is 9.88. The van der Waals surface area contributed by atoms with E-state index in [0.717, 1.165) is 56.4 Å². The molecule has 2 aliphatic rings. The van der Waals surface area contributed by atoms with Gasteiger partial charge in [0.05, 0.1) is 12.0 Å². The van der Waals surface area contributed by atoms with E-state index in [0.29, 0.717) is 5.02 Å². The van der Waals surface area contributed by atoms with Crippen LogP contribution in [0.4, 0.5) is 0 Å². The summed E-state index contributed by atoms with van der Waals surface area (Å²) < 4.78 is 5.58. The third-order valence-corrected chi connectivity index (χ3v) is 6.21. The molecule has 1 amide bonds. The second-order valence-electron chi connectivity index (χ2n) is 7.92. The van der Waals surface area contributed by atoms with Crippen LogP contribution in [0.1, 0.15) is 49.3 Å². The first-order valence-corrected chi connectivity index (χ1v) is 10.3. The Morgan fingerprint density at radius 2 is 1.93 bits per heavy atom. The van der Waals surface area contributed by atoms with Gasteiger partial charge in [-0.25, -0.2) is 0 Å². The maximum atomic E-state index is 13.3. The number of hydrogen-bond donors (Lipinski definition) is 1. The van der Waals surface area contributed by atoms with Crippen molar-refractivity contribution in [1.29, 1.82) is 0 Å². The molecule has 1 fully saturated rings. The molecule has 1 saturated carbocycles. The minimum absolute atomic E-state index is 0.0858. The maximum Gasteiger partial charge on any atom is 0.230 e. The zero-order valence-electron chi connectivity index (χ0n) is 15.8. The lowest BCUT2D eigenvalue weighted by Crippen LogP contribution is -2.46. The van der Waals surface area contributed by atoms with Crippen molar-refractivity contribution in [3.05, 3.63) is 64.2 Å². The molecule has 0 spiro atoms. The lowest BCUT2D eigenvalue weighted by atomic mass is 9.77. The van der Waals surface area contributed by atoms with Crippen LogP contribution in [0, 0.1) is 0 Å². The third-order valence-electron chi connectivity index (χ3n) is 5.96. The molecule has 1 heterocycles. The number of nitrogens with one attached hydrogen (secondary N) is 1. The van der Waals surface area contributed by atoms with Gasteiger partial charge in [0.2, 0.25) is 5.91 Å². The molecule has 4 rings (SSSR count). The summed E-state index contributed by atoms with van der Waals surface area (Å²) in [6.07, 6.45) is 5.80. The number of carbonyl (C=O) groups is 1. The minimum Gasteiger partial charge on any atom is -0.493 e. The standard InChI is InChI=1S/C23H26ClNO2/c1-16(14-17-4-9-21-18(15-17)10-13-27-21)25-22(26)23(11-2-3-12-23)19-5-7-20(24)8-6-19/h4-9,15-16H,2-3,10-14H2,1H3,(H,25,26). The van der Waals surface area contributed by atoms with Gasteiger partial charge in [-0.2, -0.15) is 0 Å². The number of fused-ring (bicyclic) bond motifs is 1. The first kappa shape index (κ1) is 18.4. The number of halogens is 1. The van der Waals surface area contributed by atoms with Crippen LogP contribution in [0.15, 0.2) is 42.5 Å². The maximum absolute atomic E-state index is 13.3. The fraction of sp³-hybridized carbons (Fsp3) is 0.435. The smallest absolute Gasteiger partial charge is 0.230 e. The van der Waals surface area contributed by atoms with Gasteiger partial charge in [0.25, 0.3) is 0 Å². The van der Waals surface area contributed by atoms with Gasteiger partial charge in [-0.1, -0.05) is 48.7 Å². The summed E-state index contributed by atoms with van der Waals surface area (Å²) in [5.41, 5.74) is 3.20. The summed E-state index contributed by atoms with van der Waals surface area (Å²) in [4.78, 5) is 13.3. The Kier molecular flexibility index (Phi) is 5.14. The molecule has 2 aromatic rings. The second-order valence-corrected chi connectivity index (χ2v) is 8.35. The van der Waals surface area contributed by atoms with Gasteiger partial charge in [-0.15, -0.1) is 0 Å². The Bertz CT molecular complexity index is 825. The highest BCUT2D eigenvalue weighted by Crippen LogP contribution is 2.41. The Morgan fingerprint density at radius 3 is 2.67 bits per heavy atom. The monoisotopic (exact) mass is 383 g/mol. The Morgan fingerprint density at radius 1 is 1.19 bits per heavy atom. The van der Waals surface area contributed by atoms with Gasteiger partial charge >= 0.3 is 0 Å². The SMILES string of the molecule is CC(Cc1ccc2c(c1)CCO2)NC(=O)C1(c2ccc(Cl)cc2)CCCC1. The summed E-state index contributed by atoms with van der Waals surface area (Å²) in [6.45, 7) is 2.86. The van der Waals surface area contributed by atoms with Crippen molar-refractivity contribution < 1.29 is 9.53 Å². The third kappa shape index (κ3) is 3.70. The molecule has 0 radical (unpaired) electrons. The van der Waals surface area contributed by atoms with Gasteiger partial charge in [0.1, 0.15) is 5.75 Å². The van der Waals surface area contributed by atoms with E-state index in [4.69, 9.17) is 16.3 Å². The highest BCUT2D eigenvalue weighted by atomic mass is 35.5. The molecule has 27 heavy (non-hydrogen) atoms. The van der Waals surface area contributed by atoms with E-state index >= 15 is 0 Å². The van der Waals surface area contributed by atoms with Crippen LogP contribution in [0.3, 0.4) is 0 Å². The Labute approximate surface area is 166 Å². The van der Waals surface area contributed by atoms with Crippen molar-refractivity contribution in [2.45, 2.75) is 56.9 Å². The largest absolute Gasteiger partial charge is 0.493 e. The van der Waals surface area contributed by atoms with E-state index in [1.165, 1.54) is 11.1 Å². The highest BCUT2D eigenvalue weighted by Gasteiger charge is 2.42. The normalized spacial score (nSPS) is 18.6. The second kappa shape index (κ2) is 7.55. The molecule has 3 nitrogen and oxygen atoms in total. The molecule has 4 heteroatoms. The van der Waals surface area contributed by atoms with Crippen LogP contribution in [-0.4, -0.2) is 18.6 Å². The molecule has 0 aromatic heterocycles. The van der Waals surface area contributed by atoms with E-state index in [2.05, 4.69) is 30.4 Å². The molecule has 1 atom stereocenters. The van der Waals surface area contributed by atoms with Crippen molar-refractivity contribution in [1.82, 2.24) is 5.32 Å². The Hall–Kier alpha value is -2.00. The average Bonchev–Trinajstić information content (AvgIpc) is 3.32. The number of carbonyl (C=O) groups excluding carboxylic acids is 1. The van der Waals surface area contributed by atoms with E-state index in [9.17, 15) is 4.79 Å². The molecule has 1 N–H and O–H groups in total. The van der Waals surface area contributed by atoms with Gasteiger partial charge in [-0.3, -0.25) is 4.79 Å². The molecular formula is C23H26ClNO2. The molecular weight excluding hydrogens is 358 g/mol. The summed E-state index contributed by atoms with van der Waals surface area (Å²) in [5, 5.41) is 4.00. The Balaban J connectivity index is 1.47. The number of ether oxygens (including phenoxy) is 1. The van der Waals surface area contributed by atoms with Crippen molar-refractivity contribution >= 4 is 17.5 Å². The van der Waals surface area contributed by atoms with Gasteiger partial charge in [0.15, 0.2) is 0 Å². The van der Waals surface area contributed by atoms with Crippen LogP contribution in [0.2, 0.25) is 5.02 Å². The van der Waals surface area contributed by atoms with Crippen LogP contribution in [0.25, 0.3) is 0 Å². The minimum atomic E-state index is -0.412. The molecule has 0 saturated heterocycles. The molecule has 1 aliphatic carbocycles.